The van der Waals surface area contributed by atoms with Crippen LogP contribution in [0.5, 0.6) is 5.75 Å². The minimum absolute atomic E-state index is 0.00688. The van der Waals surface area contributed by atoms with Crippen LogP contribution in [-0.2, 0) is 4.74 Å². The normalized spacial score (nSPS) is 21.8. The molecule has 0 amide bonds. The molecule has 0 saturated carbocycles. The molecule has 11 nitrogen and oxygen atoms in total. The van der Waals surface area contributed by atoms with Gasteiger partial charge >= 0.3 is 0 Å². The molecule has 2 aliphatic rings. The SMILES string of the molecule is CC(=[NH2+])/C(=N\NC1CCN(C2COC2)C[C@@H]1F)c1cc(OCC(O)c2ncc(F)cn2)c2c(Cl)cnn2c1. The number of nitrogens with zero attached hydrogens (tertiary/aromatic N) is 6. The van der Waals surface area contributed by atoms with Crippen molar-refractivity contribution in [1.29, 1.82) is 0 Å². The number of ether oxygens (including phenoxy) is 2. The first-order chi connectivity index (χ1) is 18.3. The molecule has 4 N–H and O–H groups in total. The lowest BCUT2D eigenvalue weighted by atomic mass is 10.0. The van der Waals surface area contributed by atoms with Gasteiger partial charge in [-0.05, 0) is 12.5 Å². The third-order valence-electron chi connectivity index (χ3n) is 6.57. The van der Waals surface area contributed by atoms with E-state index < -0.39 is 24.1 Å². The maximum Gasteiger partial charge on any atom is 0.198 e. The summed E-state index contributed by atoms with van der Waals surface area (Å²) >= 11 is 6.33. The maximum absolute atomic E-state index is 14.9. The highest BCUT2D eigenvalue weighted by Crippen LogP contribution is 2.29. The summed E-state index contributed by atoms with van der Waals surface area (Å²) < 4.78 is 40.6. The second-order valence-electron chi connectivity index (χ2n) is 9.33. The van der Waals surface area contributed by atoms with Crippen molar-refractivity contribution in [2.24, 2.45) is 5.10 Å². The molecule has 0 radical (unpaired) electrons. The fourth-order valence-corrected chi connectivity index (χ4v) is 4.62. The lowest BCUT2D eigenvalue weighted by molar-refractivity contribution is -0.111. The van der Waals surface area contributed by atoms with E-state index in [9.17, 15) is 13.9 Å². The van der Waals surface area contributed by atoms with Gasteiger partial charge in [0.05, 0.1) is 48.9 Å². The number of halogens is 3. The average Bonchev–Trinajstić information content (AvgIpc) is 3.23. The zero-order valence-corrected chi connectivity index (χ0v) is 21.4. The molecule has 0 aliphatic carbocycles. The van der Waals surface area contributed by atoms with E-state index in [2.05, 4.69) is 30.5 Å². The van der Waals surface area contributed by atoms with Crippen molar-refractivity contribution in [2.45, 2.75) is 37.7 Å². The van der Waals surface area contributed by atoms with Gasteiger partial charge in [0.1, 0.15) is 30.1 Å². The van der Waals surface area contributed by atoms with Gasteiger partial charge in [-0.3, -0.25) is 10.3 Å². The molecule has 0 bridgehead atoms. The van der Waals surface area contributed by atoms with Gasteiger partial charge in [-0.2, -0.15) is 10.2 Å². The van der Waals surface area contributed by atoms with Gasteiger partial charge in [0.15, 0.2) is 23.1 Å². The molecule has 3 aromatic rings. The van der Waals surface area contributed by atoms with Gasteiger partial charge in [-0.15, -0.1) is 0 Å². The van der Waals surface area contributed by atoms with Gasteiger partial charge in [0, 0.05) is 31.8 Å². The number of piperidine rings is 1. The minimum atomic E-state index is -1.22. The predicted molar refractivity (Wildman–Crippen MR) is 134 cm³/mol. The van der Waals surface area contributed by atoms with E-state index in [1.807, 2.05) is 0 Å². The van der Waals surface area contributed by atoms with Crippen LogP contribution in [-0.4, -0.2) is 92.2 Å². The van der Waals surface area contributed by atoms with Crippen LogP contribution in [0.2, 0.25) is 5.02 Å². The molecule has 14 heteroatoms. The number of hydrazone groups is 1. The van der Waals surface area contributed by atoms with Crippen LogP contribution in [0.3, 0.4) is 0 Å². The second kappa shape index (κ2) is 11.2. The Labute approximate surface area is 221 Å². The molecule has 3 aromatic heterocycles. The smallest absolute Gasteiger partial charge is 0.198 e. The van der Waals surface area contributed by atoms with Crippen molar-refractivity contribution in [3.63, 3.8) is 0 Å². The van der Waals surface area contributed by atoms with Crippen LogP contribution < -0.4 is 15.6 Å². The van der Waals surface area contributed by atoms with Crippen molar-refractivity contribution in [3.8, 4) is 5.75 Å². The topological polar surface area (TPSA) is 135 Å². The van der Waals surface area contributed by atoms with E-state index in [4.69, 9.17) is 26.5 Å². The van der Waals surface area contributed by atoms with Gasteiger partial charge in [-0.25, -0.2) is 23.3 Å². The third kappa shape index (κ3) is 5.60. The zero-order chi connectivity index (χ0) is 26.8. The zero-order valence-electron chi connectivity index (χ0n) is 20.6. The number of nitrogens with one attached hydrogen (secondary N) is 1. The minimum Gasteiger partial charge on any atom is -0.488 e. The summed E-state index contributed by atoms with van der Waals surface area (Å²) in [4.78, 5) is 9.67. The molecule has 2 unspecified atom stereocenters. The molecule has 5 heterocycles. The first-order valence-electron chi connectivity index (χ1n) is 12.1. The van der Waals surface area contributed by atoms with Gasteiger partial charge in [-0.1, -0.05) is 11.6 Å². The Kier molecular flexibility index (Phi) is 7.79. The summed E-state index contributed by atoms with van der Waals surface area (Å²) in [5.41, 5.74) is 4.73. The monoisotopic (exact) mass is 549 g/mol. The first kappa shape index (κ1) is 26.4. The lowest BCUT2D eigenvalue weighted by Crippen LogP contribution is -2.58. The molecule has 5 rings (SSSR count). The standard InChI is InChI=1S/C24H27ClF2N8O3/c1-13(28)22(33-32-19-2-3-34(9-18(19)27)16-10-37-11-16)14-4-21(23-17(25)7-31-35(23)8-14)38-12-20(36)24-29-5-15(26)6-30-24/h4-8,16,18-20,28,32,36H,2-3,9-12H2,1H3/p+1/b28-13?,33-22+/t18-,19?,20?/m0/s1. The molecule has 3 atom stereocenters. The fraction of sp³-hybridized carbons (Fsp3) is 0.458. The number of rotatable bonds is 9. The molecule has 2 saturated heterocycles. The van der Waals surface area contributed by atoms with Crippen molar-refractivity contribution < 1.29 is 28.8 Å². The van der Waals surface area contributed by atoms with E-state index in [0.717, 1.165) is 18.9 Å². The second-order valence-corrected chi connectivity index (χ2v) is 9.74. The molecule has 2 fully saturated rings. The Morgan fingerprint density at radius 2 is 2.13 bits per heavy atom. The highest BCUT2D eigenvalue weighted by atomic mass is 35.5. The van der Waals surface area contributed by atoms with Crippen LogP contribution in [0, 0.1) is 5.82 Å². The molecule has 38 heavy (non-hydrogen) atoms. The van der Waals surface area contributed by atoms with Crippen LogP contribution in [0.15, 0.2) is 36.0 Å². The number of hydrogen-bond acceptors (Lipinski definition) is 9. The van der Waals surface area contributed by atoms with Crippen LogP contribution in [0.4, 0.5) is 8.78 Å². The Hall–Kier alpha value is -3.26. The number of aromatic nitrogens is 4. The highest BCUT2D eigenvalue weighted by Gasteiger charge is 2.35. The molecule has 0 aromatic carbocycles. The molecule has 2 aliphatic heterocycles. The molecular weight excluding hydrogens is 522 g/mol. The Balaban J connectivity index is 1.35. The summed E-state index contributed by atoms with van der Waals surface area (Å²) in [5, 5.41) is 25.6. The predicted octanol–water partition coefficient (Wildman–Crippen LogP) is 0.354. The largest absolute Gasteiger partial charge is 0.488 e. The Morgan fingerprint density at radius 1 is 1.37 bits per heavy atom. The van der Waals surface area contributed by atoms with Gasteiger partial charge in [0.2, 0.25) is 0 Å². The van der Waals surface area contributed by atoms with E-state index in [1.165, 1.54) is 10.7 Å². The highest BCUT2D eigenvalue weighted by molar-refractivity contribution is 6.45. The lowest BCUT2D eigenvalue weighted by Gasteiger charge is -2.42. The number of aliphatic hydroxyl groups is 1. The van der Waals surface area contributed by atoms with Crippen molar-refractivity contribution in [3.05, 3.63) is 53.1 Å². The van der Waals surface area contributed by atoms with E-state index in [0.29, 0.717) is 59.5 Å². The maximum atomic E-state index is 14.9. The molecule has 0 spiro atoms. The molecule has 202 valence electrons. The fourth-order valence-electron chi connectivity index (χ4n) is 4.39. The van der Waals surface area contributed by atoms with E-state index in [1.54, 1.807) is 19.2 Å². The number of pyridine rings is 1. The van der Waals surface area contributed by atoms with Crippen molar-refractivity contribution in [1.82, 2.24) is 29.9 Å². The quantitative estimate of drug-likeness (QED) is 0.257. The Morgan fingerprint density at radius 3 is 2.79 bits per heavy atom. The number of alkyl halides is 1. The van der Waals surface area contributed by atoms with Crippen molar-refractivity contribution >= 4 is 28.5 Å². The number of hydrogen-bond donors (Lipinski definition) is 3. The van der Waals surface area contributed by atoms with Crippen LogP contribution in [0.25, 0.3) is 5.52 Å². The summed E-state index contributed by atoms with van der Waals surface area (Å²) in [7, 11) is 0. The number of nitrogens with two attached hydrogens (primary N) is 1. The van der Waals surface area contributed by atoms with Gasteiger partial charge in [0.25, 0.3) is 0 Å². The Bertz CT molecular complexity index is 1330. The van der Waals surface area contributed by atoms with Crippen molar-refractivity contribution in [2.75, 3.05) is 32.9 Å². The summed E-state index contributed by atoms with van der Waals surface area (Å²) in [6.45, 7) is 3.80. The van der Waals surface area contributed by atoms with Crippen LogP contribution >= 0.6 is 11.6 Å². The number of aliphatic hydroxyl groups excluding tert-OH is 1. The molecular formula is C24H28ClF2N8O3+. The van der Waals surface area contributed by atoms with Crippen LogP contribution in [0.1, 0.15) is 30.8 Å². The number of fused-ring (bicyclic) bond motifs is 1. The number of likely N-dealkylation sites (tertiary alicyclic amines) is 1. The van der Waals surface area contributed by atoms with E-state index in [-0.39, 0.29) is 18.5 Å². The first-order valence-corrected chi connectivity index (χ1v) is 12.5. The average molecular weight is 550 g/mol. The van der Waals surface area contributed by atoms with Gasteiger partial charge < -0.3 is 20.0 Å². The summed E-state index contributed by atoms with van der Waals surface area (Å²) in [6, 6.07) is 1.47. The summed E-state index contributed by atoms with van der Waals surface area (Å²) in [5.74, 6) is -0.319. The third-order valence-corrected chi connectivity index (χ3v) is 6.84. The van der Waals surface area contributed by atoms with E-state index >= 15 is 0 Å². The summed E-state index contributed by atoms with van der Waals surface area (Å²) in [6.07, 6.45) is 3.31.